The summed E-state index contributed by atoms with van der Waals surface area (Å²) in [6.07, 6.45) is 0. The molecule has 0 heterocycles. The molecule has 0 aliphatic rings. The molecule has 0 atom stereocenters. The van der Waals surface area contributed by atoms with Gasteiger partial charge in [0, 0.05) is 5.69 Å². The summed E-state index contributed by atoms with van der Waals surface area (Å²) in [5.41, 5.74) is 0.565. The number of carboxylic acid groups (broad SMARTS) is 1. The predicted octanol–water partition coefficient (Wildman–Crippen LogP) is 2.08. The van der Waals surface area contributed by atoms with E-state index >= 15 is 0 Å². The normalized spacial score (nSPS) is 9.69. The molecule has 13 heavy (non-hydrogen) atoms. The molecule has 3 nitrogen and oxygen atoms in total. The smallest absolute Gasteiger partial charge is 0.322 e. The van der Waals surface area contributed by atoms with Crippen molar-refractivity contribution in [3.63, 3.8) is 0 Å². The summed E-state index contributed by atoms with van der Waals surface area (Å²) in [5.74, 6) is -1.33. The molecule has 0 aliphatic carbocycles. The van der Waals surface area contributed by atoms with Gasteiger partial charge in [-0.05, 0) is 34.1 Å². The van der Waals surface area contributed by atoms with E-state index in [-0.39, 0.29) is 12.4 Å². The lowest BCUT2D eigenvalue weighted by molar-refractivity contribution is -0.134. The largest absolute Gasteiger partial charge is 0.480 e. The second kappa shape index (κ2) is 4.23. The molecule has 2 N–H and O–H groups in total. The van der Waals surface area contributed by atoms with Crippen LogP contribution in [0.2, 0.25) is 0 Å². The molecule has 0 amide bonds. The van der Waals surface area contributed by atoms with Crippen molar-refractivity contribution in [1.29, 1.82) is 0 Å². The maximum atomic E-state index is 12.7. The van der Waals surface area contributed by atoms with Crippen molar-refractivity contribution >= 4 is 27.6 Å². The van der Waals surface area contributed by atoms with Crippen LogP contribution in [-0.2, 0) is 4.79 Å². The van der Waals surface area contributed by atoms with Gasteiger partial charge in [-0.3, -0.25) is 4.79 Å². The van der Waals surface area contributed by atoms with Crippen LogP contribution < -0.4 is 5.32 Å². The molecular formula is C8H7BrFNO2. The van der Waals surface area contributed by atoms with Gasteiger partial charge in [-0.1, -0.05) is 0 Å². The molecule has 0 saturated carbocycles. The van der Waals surface area contributed by atoms with Gasteiger partial charge in [0.1, 0.15) is 12.4 Å². The van der Waals surface area contributed by atoms with Gasteiger partial charge in [0.15, 0.2) is 0 Å². The summed E-state index contributed by atoms with van der Waals surface area (Å²) in [6, 6.07) is 4.22. The second-order valence-electron chi connectivity index (χ2n) is 2.38. The Hall–Kier alpha value is -1.10. The quantitative estimate of drug-likeness (QED) is 0.860. The van der Waals surface area contributed by atoms with E-state index in [2.05, 4.69) is 21.2 Å². The van der Waals surface area contributed by atoms with Gasteiger partial charge >= 0.3 is 5.97 Å². The third kappa shape index (κ3) is 3.02. The zero-order valence-corrected chi connectivity index (χ0v) is 8.14. The lowest BCUT2D eigenvalue weighted by Gasteiger charge is -2.03. The molecule has 0 bridgehead atoms. The maximum absolute atomic E-state index is 12.7. The molecule has 0 saturated heterocycles. The molecule has 1 aromatic carbocycles. The number of aliphatic carboxylic acids is 1. The third-order valence-corrected chi connectivity index (χ3v) is 1.97. The molecule has 1 aromatic rings. The number of nitrogens with one attached hydrogen (secondary N) is 1. The zero-order valence-electron chi connectivity index (χ0n) is 6.55. The molecule has 0 aliphatic heterocycles. The number of rotatable bonds is 3. The molecule has 0 fully saturated rings. The number of anilines is 1. The van der Waals surface area contributed by atoms with Gasteiger partial charge in [-0.15, -0.1) is 0 Å². The number of halogens is 2. The molecule has 0 radical (unpaired) electrons. The summed E-state index contributed by atoms with van der Waals surface area (Å²) in [5, 5.41) is 11.0. The van der Waals surface area contributed by atoms with Crippen LogP contribution in [0, 0.1) is 5.82 Å². The van der Waals surface area contributed by atoms with Gasteiger partial charge in [0.2, 0.25) is 0 Å². The van der Waals surface area contributed by atoms with Crippen molar-refractivity contribution in [3.8, 4) is 0 Å². The first-order valence-electron chi connectivity index (χ1n) is 3.50. The van der Waals surface area contributed by atoms with Gasteiger partial charge in [-0.25, -0.2) is 4.39 Å². The Kier molecular flexibility index (Phi) is 3.25. The summed E-state index contributed by atoms with van der Waals surface area (Å²) in [4.78, 5) is 10.2. The second-order valence-corrected chi connectivity index (χ2v) is 3.23. The molecule has 70 valence electrons. The average Bonchev–Trinajstić information content (AvgIpc) is 2.07. The first-order valence-corrected chi connectivity index (χ1v) is 4.29. The van der Waals surface area contributed by atoms with Crippen molar-refractivity contribution < 1.29 is 14.3 Å². The van der Waals surface area contributed by atoms with E-state index in [1.54, 1.807) is 0 Å². The number of benzene rings is 1. The number of carbonyl (C=O) groups is 1. The van der Waals surface area contributed by atoms with Crippen molar-refractivity contribution in [2.24, 2.45) is 0 Å². The van der Waals surface area contributed by atoms with Crippen molar-refractivity contribution in [2.75, 3.05) is 11.9 Å². The van der Waals surface area contributed by atoms with Crippen LogP contribution in [-0.4, -0.2) is 17.6 Å². The Labute approximate surface area is 82.7 Å². The minimum Gasteiger partial charge on any atom is -0.480 e. The minimum absolute atomic E-state index is 0.182. The molecule has 0 unspecified atom stereocenters. The van der Waals surface area contributed by atoms with Crippen LogP contribution in [0.4, 0.5) is 10.1 Å². The molecule has 1 rings (SSSR count). The van der Waals surface area contributed by atoms with Crippen molar-refractivity contribution in [1.82, 2.24) is 0 Å². The first-order chi connectivity index (χ1) is 6.09. The summed E-state index contributed by atoms with van der Waals surface area (Å²) in [7, 11) is 0. The fourth-order valence-electron chi connectivity index (χ4n) is 0.784. The summed E-state index contributed by atoms with van der Waals surface area (Å²) >= 11 is 2.99. The Balaban J connectivity index is 2.68. The topological polar surface area (TPSA) is 49.3 Å². The van der Waals surface area contributed by atoms with Crippen LogP contribution in [0.15, 0.2) is 22.7 Å². The molecule has 5 heteroatoms. The highest BCUT2D eigenvalue weighted by Crippen LogP contribution is 2.19. The van der Waals surface area contributed by atoms with Crippen LogP contribution in [0.1, 0.15) is 0 Å². The van der Waals surface area contributed by atoms with Gasteiger partial charge in [0.05, 0.1) is 4.47 Å². The highest BCUT2D eigenvalue weighted by Gasteiger charge is 2.01. The van der Waals surface area contributed by atoms with Crippen molar-refractivity contribution in [2.45, 2.75) is 0 Å². The highest BCUT2D eigenvalue weighted by atomic mass is 79.9. The lowest BCUT2D eigenvalue weighted by Crippen LogP contribution is -2.12. The van der Waals surface area contributed by atoms with Crippen LogP contribution in [0.5, 0.6) is 0 Å². The standard InChI is InChI=1S/C8H7BrFNO2/c9-6-3-5(1-2-7(6)10)11-4-8(12)13/h1-3,11H,4H2,(H,12,13). The van der Waals surface area contributed by atoms with Crippen LogP contribution in [0.3, 0.4) is 0 Å². The summed E-state index contributed by atoms with van der Waals surface area (Å²) in [6.45, 7) is -0.182. The van der Waals surface area contributed by atoms with E-state index in [1.807, 2.05) is 0 Å². The van der Waals surface area contributed by atoms with Gasteiger partial charge in [-0.2, -0.15) is 0 Å². The zero-order chi connectivity index (χ0) is 9.84. The average molecular weight is 248 g/mol. The SMILES string of the molecule is O=C(O)CNc1ccc(F)c(Br)c1. The van der Waals surface area contributed by atoms with E-state index in [1.165, 1.54) is 18.2 Å². The first kappa shape index (κ1) is 9.98. The number of hydrogen-bond donors (Lipinski definition) is 2. The van der Waals surface area contributed by atoms with Gasteiger partial charge in [0.25, 0.3) is 0 Å². The monoisotopic (exact) mass is 247 g/mol. The fourth-order valence-corrected chi connectivity index (χ4v) is 1.16. The Bertz CT molecular complexity index is 330. The fraction of sp³-hybridized carbons (Fsp3) is 0.125. The van der Waals surface area contributed by atoms with E-state index in [0.29, 0.717) is 10.2 Å². The highest BCUT2D eigenvalue weighted by molar-refractivity contribution is 9.10. The van der Waals surface area contributed by atoms with E-state index in [0.717, 1.165) is 0 Å². The molecule has 0 spiro atoms. The Morgan fingerprint density at radius 3 is 2.85 bits per heavy atom. The number of carboxylic acids is 1. The van der Waals surface area contributed by atoms with Crippen molar-refractivity contribution in [3.05, 3.63) is 28.5 Å². The third-order valence-electron chi connectivity index (χ3n) is 1.36. The Morgan fingerprint density at radius 1 is 1.62 bits per heavy atom. The van der Waals surface area contributed by atoms with E-state index in [4.69, 9.17) is 5.11 Å². The van der Waals surface area contributed by atoms with E-state index < -0.39 is 5.97 Å². The van der Waals surface area contributed by atoms with Gasteiger partial charge < -0.3 is 10.4 Å². The minimum atomic E-state index is -0.958. The maximum Gasteiger partial charge on any atom is 0.322 e. The number of hydrogen-bond acceptors (Lipinski definition) is 2. The molecule has 0 aromatic heterocycles. The molecular weight excluding hydrogens is 241 g/mol. The van der Waals surface area contributed by atoms with Crippen LogP contribution in [0.25, 0.3) is 0 Å². The lowest BCUT2D eigenvalue weighted by atomic mass is 10.3. The summed E-state index contributed by atoms with van der Waals surface area (Å²) < 4.78 is 13.0. The van der Waals surface area contributed by atoms with Crippen LogP contribution >= 0.6 is 15.9 Å². The Morgan fingerprint density at radius 2 is 2.31 bits per heavy atom. The van der Waals surface area contributed by atoms with E-state index in [9.17, 15) is 9.18 Å². The predicted molar refractivity (Wildman–Crippen MR) is 50.2 cm³/mol.